The van der Waals surface area contributed by atoms with Gasteiger partial charge >= 0.3 is 0 Å². The predicted molar refractivity (Wildman–Crippen MR) is 102 cm³/mol. The van der Waals surface area contributed by atoms with Crippen molar-refractivity contribution < 1.29 is 9.21 Å². The molecule has 1 N–H and O–H groups in total. The molecule has 5 nitrogen and oxygen atoms in total. The molecular formula is C21H23N3O2. The maximum absolute atomic E-state index is 12.8. The Kier molecular flexibility index (Phi) is 4.97. The highest BCUT2D eigenvalue weighted by atomic mass is 16.3. The lowest BCUT2D eigenvalue weighted by Gasteiger charge is -2.26. The van der Waals surface area contributed by atoms with Crippen LogP contribution in [-0.2, 0) is 0 Å². The number of amides is 1. The topological polar surface area (TPSA) is 58.4 Å². The van der Waals surface area contributed by atoms with Crippen LogP contribution in [-0.4, -0.2) is 42.0 Å². The van der Waals surface area contributed by atoms with Crippen LogP contribution in [0, 0.1) is 0 Å². The first kappa shape index (κ1) is 16.8. The fraction of sp³-hybridized carbons (Fsp3) is 0.333. The number of nitrogens with one attached hydrogen (secondary N) is 1. The highest BCUT2D eigenvalue weighted by molar-refractivity contribution is 6.07. The zero-order valence-electron chi connectivity index (χ0n) is 14.8. The van der Waals surface area contributed by atoms with Gasteiger partial charge in [-0.1, -0.05) is 24.6 Å². The monoisotopic (exact) mass is 349 g/mol. The van der Waals surface area contributed by atoms with Gasteiger partial charge in [-0.25, -0.2) is 4.98 Å². The van der Waals surface area contributed by atoms with E-state index in [4.69, 9.17) is 4.42 Å². The molecule has 1 saturated heterocycles. The summed E-state index contributed by atoms with van der Waals surface area (Å²) in [5.74, 6) is 0.603. The number of para-hydroxylation sites is 1. The third-order valence-corrected chi connectivity index (χ3v) is 4.90. The zero-order valence-corrected chi connectivity index (χ0v) is 14.8. The molecule has 3 heterocycles. The summed E-state index contributed by atoms with van der Waals surface area (Å²) < 4.78 is 5.46. The van der Waals surface area contributed by atoms with Crippen molar-refractivity contribution in [2.75, 3.05) is 26.2 Å². The molecule has 26 heavy (non-hydrogen) atoms. The average Bonchev–Trinajstić information content (AvgIpc) is 3.23. The molecule has 0 radical (unpaired) electrons. The summed E-state index contributed by atoms with van der Waals surface area (Å²) >= 11 is 0. The summed E-state index contributed by atoms with van der Waals surface area (Å²) in [7, 11) is 0. The standard InChI is InChI=1S/C21H23N3O2/c25-21(22-10-13-24-11-4-1-5-12-24)17-15-19(20-9-6-14-26-20)23-18-8-3-2-7-16(17)18/h2-3,6-9,14-15H,1,4-5,10-13H2,(H,22,25). The molecule has 0 saturated carbocycles. The first-order valence-electron chi connectivity index (χ1n) is 9.25. The van der Waals surface area contributed by atoms with E-state index in [-0.39, 0.29) is 5.91 Å². The lowest BCUT2D eigenvalue weighted by Crippen LogP contribution is -2.37. The summed E-state index contributed by atoms with van der Waals surface area (Å²) in [5, 5.41) is 3.93. The van der Waals surface area contributed by atoms with Gasteiger partial charge in [-0.05, 0) is 50.2 Å². The summed E-state index contributed by atoms with van der Waals surface area (Å²) in [5.41, 5.74) is 2.11. The van der Waals surface area contributed by atoms with Crippen LogP contribution >= 0.6 is 0 Å². The molecule has 0 unspecified atom stereocenters. The number of nitrogens with zero attached hydrogens (tertiary/aromatic N) is 2. The molecule has 134 valence electrons. The summed E-state index contributed by atoms with van der Waals surface area (Å²) in [6, 6.07) is 13.2. The van der Waals surface area contributed by atoms with Crippen molar-refractivity contribution in [3.05, 3.63) is 54.3 Å². The van der Waals surface area contributed by atoms with E-state index in [1.165, 1.54) is 19.3 Å². The van der Waals surface area contributed by atoms with Crippen LogP contribution in [0.2, 0.25) is 0 Å². The Morgan fingerprint density at radius 1 is 1.12 bits per heavy atom. The number of hydrogen-bond donors (Lipinski definition) is 1. The lowest BCUT2D eigenvalue weighted by atomic mass is 10.1. The van der Waals surface area contributed by atoms with Gasteiger partial charge in [0.05, 0.1) is 17.3 Å². The van der Waals surface area contributed by atoms with Crippen molar-refractivity contribution in [2.45, 2.75) is 19.3 Å². The molecule has 0 bridgehead atoms. The molecular weight excluding hydrogens is 326 g/mol. The largest absolute Gasteiger partial charge is 0.463 e. The van der Waals surface area contributed by atoms with Crippen molar-refractivity contribution in [2.24, 2.45) is 0 Å². The van der Waals surface area contributed by atoms with E-state index in [1.807, 2.05) is 42.5 Å². The Hall–Kier alpha value is -2.66. The van der Waals surface area contributed by atoms with Crippen LogP contribution in [0.15, 0.2) is 53.1 Å². The second-order valence-electron chi connectivity index (χ2n) is 6.71. The van der Waals surface area contributed by atoms with Gasteiger partial charge in [0.1, 0.15) is 5.69 Å². The van der Waals surface area contributed by atoms with Crippen LogP contribution in [0.25, 0.3) is 22.4 Å². The summed E-state index contributed by atoms with van der Waals surface area (Å²) in [6.07, 6.45) is 5.46. The number of benzene rings is 1. The molecule has 2 aromatic heterocycles. The van der Waals surface area contributed by atoms with Crippen molar-refractivity contribution in [1.29, 1.82) is 0 Å². The minimum absolute atomic E-state index is 0.0617. The number of carbonyl (C=O) groups is 1. The zero-order chi connectivity index (χ0) is 17.8. The van der Waals surface area contributed by atoms with Crippen molar-refractivity contribution in [3.63, 3.8) is 0 Å². The maximum atomic E-state index is 12.8. The normalized spacial score (nSPS) is 15.2. The fourth-order valence-electron chi connectivity index (χ4n) is 3.52. The molecule has 4 rings (SSSR count). The predicted octanol–water partition coefficient (Wildman–Crippen LogP) is 3.71. The Labute approximate surface area is 153 Å². The van der Waals surface area contributed by atoms with E-state index >= 15 is 0 Å². The second kappa shape index (κ2) is 7.70. The van der Waals surface area contributed by atoms with Gasteiger partial charge < -0.3 is 14.6 Å². The summed E-state index contributed by atoms with van der Waals surface area (Å²) in [6.45, 7) is 3.83. The summed E-state index contributed by atoms with van der Waals surface area (Å²) in [4.78, 5) is 19.9. The minimum Gasteiger partial charge on any atom is -0.463 e. The molecule has 0 aliphatic carbocycles. The van der Waals surface area contributed by atoms with E-state index in [1.54, 1.807) is 6.26 Å². The molecule has 1 aromatic carbocycles. The van der Waals surface area contributed by atoms with Crippen LogP contribution in [0.3, 0.4) is 0 Å². The molecule has 3 aromatic rings. The number of fused-ring (bicyclic) bond motifs is 1. The number of rotatable bonds is 5. The Morgan fingerprint density at radius 3 is 2.77 bits per heavy atom. The molecule has 1 aliphatic rings. The number of pyridine rings is 1. The lowest BCUT2D eigenvalue weighted by molar-refractivity contribution is 0.0948. The molecule has 0 atom stereocenters. The Morgan fingerprint density at radius 2 is 1.96 bits per heavy atom. The van der Waals surface area contributed by atoms with E-state index in [2.05, 4.69) is 15.2 Å². The van der Waals surface area contributed by atoms with Gasteiger partial charge in [0, 0.05) is 18.5 Å². The first-order valence-corrected chi connectivity index (χ1v) is 9.25. The Bertz CT molecular complexity index is 883. The molecule has 1 fully saturated rings. The molecule has 1 amide bonds. The van der Waals surface area contributed by atoms with E-state index in [0.29, 0.717) is 23.6 Å². The van der Waals surface area contributed by atoms with E-state index in [9.17, 15) is 4.79 Å². The maximum Gasteiger partial charge on any atom is 0.252 e. The molecule has 5 heteroatoms. The number of aromatic nitrogens is 1. The molecule has 1 aliphatic heterocycles. The van der Waals surface area contributed by atoms with Crippen molar-refractivity contribution in [1.82, 2.24) is 15.2 Å². The van der Waals surface area contributed by atoms with Crippen molar-refractivity contribution >= 4 is 16.8 Å². The number of carbonyl (C=O) groups excluding carboxylic acids is 1. The smallest absolute Gasteiger partial charge is 0.252 e. The van der Waals surface area contributed by atoms with Gasteiger partial charge in [0.2, 0.25) is 0 Å². The number of piperidine rings is 1. The van der Waals surface area contributed by atoms with Gasteiger partial charge in [-0.15, -0.1) is 0 Å². The average molecular weight is 349 g/mol. The van der Waals surface area contributed by atoms with Crippen LogP contribution in [0.1, 0.15) is 29.6 Å². The van der Waals surface area contributed by atoms with Gasteiger partial charge in [0.15, 0.2) is 5.76 Å². The van der Waals surface area contributed by atoms with Gasteiger partial charge in [0.25, 0.3) is 5.91 Å². The Balaban J connectivity index is 1.55. The third kappa shape index (κ3) is 3.63. The second-order valence-corrected chi connectivity index (χ2v) is 6.71. The van der Waals surface area contributed by atoms with Gasteiger partial charge in [-0.2, -0.15) is 0 Å². The van der Waals surface area contributed by atoms with Crippen LogP contribution in [0.4, 0.5) is 0 Å². The number of likely N-dealkylation sites (tertiary alicyclic amines) is 1. The minimum atomic E-state index is -0.0617. The number of furan rings is 1. The van der Waals surface area contributed by atoms with Gasteiger partial charge in [-0.3, -0.25) is 4.79 Å². The molecule has 0 spiro atoms. The van der Waals surface area contributed by atoms with Crippen LogP contribution < -0.4 is 5.32 Å². The number of hydrogen-bond acceptors (Lipinski definition) is 4. The third-order valence-electron chi connectivity index (χ3n) is 4.90. The first-order chi connectivity index (χ1) is 12.8. The quantitative estimate of drug-likeness (QED) is 0.763. The fourth-order valence-corrected chi connectivity index (χ4v) is 3.52. The highest BCUT2D eigenvalue weighted by Crippen LogP contribution is 2.25. The van der Waals surface area contributed by atoms with E-state index in [0.717, 1.165) is 30.5 Å². The van der Waals surface area contributed by atoms with Crippen molar-refractivity contribution in [3.8, 4) is 11.5 Å². The van der Waals surface area contributed by atoms with E-state index < -0.39 is 0 Å². The highest BCUT2D eigenvalue weighted by Gasteiger charge is 2.15. The SMILES string of the molecule is O=C(NCCN1CCCCC1)c1cc(-c2ccco2)nc2ccccc12. The van der Waals surface area contributed by atoms with Crippen LogP contribution in [0.5, 0.6) is 0 Å².